The first kappa shape index (κ1) is 14.8. The van der Waals surface area contributed by atoms with E-state index in [9.17, 15) is 0 Å². The molecule has 0 atom stereocenters. The molecule has 3 heterocycles. The monoisotopic (exact) mass is 341 g/mol. The number of fused-ring (bicyclic) bond motifs is 4. The second-order valence-corrected chi connectivity index (χ2v) is 5.61. The fourth-order valence-corrected chi connectivity index (χ4v) is 2.98. The molecule has 5 rings (SSSR count). The molecule has 123 valence electrons. The lowest BCUT2D eigenvalue weighted by Crippen LogP contribution is -2.06. The van der Waals surface area contributed by atoms with Crippen LogP contribution in [0.4, 0.5) is 0 Å². The molecule has 1 N–H and O–H groups in total. The molecule has 3 aromatic heterocycles. The summed E-state index contributed by atoms with van der Waals surface area (Å²) in [4.78, 5) is 17.1. The summed E-state index contributed by atoms with van der Waals surface area (Å²) in [6.07, 6.45) is 3.07. The molecule has 0 aliphatic heterocycles. The van der Waals surface area contributed by atoms with Crippen molar-refractivity contribution in [3.8, 4) is 17.1 Å². The molecule has 0 fully saturated rings. The second-order valence-electron chi connectivity index (χ2n) is 5.61. The summed E-state index contributed by atoms with van der Waals surface area (Å²) >= 11 is 0. The van der Waals surface area contributed by atoms with Gasteiger partial charge in [0.2, 0.25) is 11.5 Å². The summed E-state index contributed by atoms with van der Waals surface area (Å²) in [6, 6.07) is 13.5. The second kappa shape index (κ2) is 5.78. The van der Waals surface area contributed by atoms with Gasteiger partial charge >= 0.3 is 7.69 Å². The standard InChI is InChI=1S/C18H10BN4O3/c24-19-26-18-15(22-16-17(23-18)21-8-7-20-16)10-5-6-14-12(9-10)11-3-1-2-4-13(11)25-14/h1-9,24H. The van der Waals surface area contributed by atoms with Crippen LogP contribution in [0.5, 0.6) is 5.88 Å². The highest BCUT2D eigenvalue weighted by Crippen LogP contribution is 2.34. The third-order valence-corrected chi connectivity index (χ3v) is 4.10. The predicted molar refractivity (Wildman–Crippen MR) is 96.4 cm³/mol. The van der Waals surface area contributed by atoms with Crippen molar-refractivity contribution < 1.29 is 14.1 Å². The molecule has 0 saturated heterocycles. The van der Waals surface area contributed by atoms with E-state index in [2.05, 4.69) is 19.9 Å². The van der Waals surface area contributed by atoms with Gasteiger partial charge in [-0.25, -0.2) is 15.0 Å². The van der Waals surface area contributed by atoms with E-state index in [1.165, 1.54) is 6.20 Å². The van der Waals surface area contributed by atoms with Crippen molar-refractivity contribution in [3.05, 3.63) is 54.9 Å². The van der Waals surface area contributed by atoms with E-state index in [1.54, 1.807) is 6.20 Å². The highest BCUT2D eigenvalue weighted by molar-refractivity contribution is 6.17. The van der Waals surface area contributed by atoms with E-state index in [4.69, 9.17) is 14.1 Å². The minimum atomic E-state index is 0.146. The number of hydrogen-bond donors (Lipinski definition) is 1. The third kappa shape index (κ3) is 2.27. The van der Waals surface area contributed by atoms with Crippen LogP contribution in [-0.4, -0.2) is 32.6 Å². The Kier molecular flexibility index (Phi) is 3.29. The van der Waals surface area contributed by atoms with Crippen LogP contribution in [-0.2, 0) is 0 Å². The van der Waals surface area contributed by atoms with E-state index in [0.29, 0.717) is 24.7 Å². The van der Waals surface area contributed by atoms with Crippen LogP contribution >= 0.6 is 0 Å². The first-order valence-corrected chi connectivity index (χ1v) is 7.86. The van der Waals surface area contributed by atoms with E-state index < -0.39 is 0 Å². The predicted octanol–water partition coefficient (Wildman–Crippen LogP) is 2.89. The lowest BCUT2D eigenvalue weighted by molar-refractivity contribution is 0.444. The zero-order chi connectivity index (χ0) is 17.5. The summed E-state index contributed by atoms with van der Waals surface area (Å²) < 4.78 is 11.0. The molecule has 0 saturated carbocycles. The number of aromatic nitrogens is 4. The van der Waals surface area contributed by atoms with Crippen LogP contribution < -0.4 is 4.65 Å². The maximum atomic E-state index is 9.08. The zero-order valence-electron chi connectivity index (χ0n) is 13.3. The van der Waals surface area contributed by atoms with Gasteiger partial charge in [-0.2, -0.15) is 4.98 Å². The SMILES string of the molecule is O[B]Oc1nc2nccnc2nc1-c1ccc2oc3ccccc3c2c1. The van der Waals surface area contributed by atoms with Gasteiger partial charge in [0.1, 0.15) is 16.9 Å². The number of nitrogens with zero attached hydrogens (tertiary/aromatic N) is 4. The van der Waals surface area contributed by atoms with Crippen molar-refractivity contribution in [1.82, 2.24) is 19.9 Å². The summed E-state index contributed by atoms with van der Waals surface area (Å²) in [5, 5.41) is 11.0. The Labute approximate surface area is 147 Å². The first-order chi connectivity index (χ1) is 12.8. The van der Waals surface area contributed by atoms with Crippen LogP contribution in [0.15, 0.2) is 59.3 Å². The summed E-state index contributed by atoms with van der Waals surface area (Å²) in [6.45, 7) is 0. The largest absolute Gasteiger partial charge is 0.570 e. The van der Waals surface area contributed by atoms with E-state index in [1.807, 2.05) is 42.5 Å². The summed E-state index contributed by atoms with van der Waals surface area (Å²) in [5.41, 5.74) is 3.54. The molecule has 0 aliphatic rings. The lowest BCUT2D eigenvalue weighted by atomic mass is 10.1. The van der Waals surface area contributed by atoms with Crippen molar-refractivity contribution in [2.45, 2.75) is 0 Å². The van der Waals surface area contributed by atoms with Gasteiger partial charge < -0.3 is 14.1 Å². The Bertz CT molecular complexity index is 1270. The lowest BCUT2D eigenvalue weighted by Gasteiger charge is -2.08. The van der Waals surface area contributed by atoms with Gasteiger partial charge in [0.25, 0.3) is 0 Å². The number of rotatable bonds is 3. The van der Waals surface area contributed by atoms with Crippen LogP contribution in [0.3, 0.4) is 0 Å². The highest BCUT2D eigenvalue weighted by Gasteiger charge is 2.16. The van der Waals surface area contributed by atoms with Gasteiger partial charge in [0, 0.05) is 28.7 Å². The van der Waals surface area contributed by atoms with Crippen molar-refractivity contribution in [1.29, 1.82) is 0 Å². The van der Waals surface area contributed by atoms with Gasteiger partial charge in [0.15, 0.2) is 5.65 Å². The minimum Gasteiger partial charge on any atom is -0.522 e. The molecule has 2 aromatic carbocycles. The van der Waals surface area contributed by atoms with Crippen LogP contribution in [0.1, 0.15) is 0 Å². The van der Waals surface area contributed by atoms with Crippen LogP contribution in [0.25, 0.3) is 44.5 Å². The van der Waals surface area contributed by atoms with E-state index >= 15 is 0 Å². The highest BCUT2D eigenvalue weighted by atomic mass is 16.5. The fourth-order valence-electron chi connectivity index (χ4n) is 2.98. The number of furan rings is 1. The summed E-state index contributed by atoms with van der Waals surface area (Å²) in [7, 11) is 0.571. The molecule has 0 aliphatic carbocycles. The smallest absolute Gasteiger partial charge is 0.522 e. The molecule has 5 aromatic rings. The Hall–Kier alpha value is -3.52. The van der Waals surface area contributed by atoms with Gasteiger partial charge in [-0.05, 0) is 24.3 Å². The third-order valence-electron chi connectivity index (χ3n) is 4.10. The van der Waals surface area contributed by atoms with Crippen molar-refractivity contribution in [3.63, 3.8) is 0 Å². The van der Waals surface area contributed by atoms with Crippen molar-refractivity contribution in [2.24, 2.45) is 0 Å². The van der Waals surface area contributed by atoms with Gasteiger partial charge in [-0.3, -0.25) is 0 Å². The molecule has 8 heteroatoms. The van der Waals surface area contributed by atoms with E-state index in [0.717, 1.165) is 27.5 Å². The summed E-state index contributed by atoms with van der Waals surface area (Å²) in [5.74, 6) is 0.146. The molecule has 0 amide bonds. The van der Waals surface area contributed by atoms with Gasteiger partial charge in [-0.15, -0.1) is 0 Å². The van der Waals surface area contributed by atoms with Gasteiger partial charge in [0.05, 0.1) is 0 Å². The number of benzene rings is 2. The topological polar surface area (TPSA) is 94.2 Å². The fraction of sp³-hybridized carbons (Fsp3) is 0. The Morgan fingerprint density at radius 2 is 1.65 bits per heavy atom. The molecule has 0 unspecified atom stereocenters. The van der Waals surface area contributed by atoms with Crippen LogP contribution in [0, 0.1) is 0 Å². The molecule has 1 radical (unpaired) electrons. The molecule has 0 spiro atoms. The minimum absolute atomic E-state index is 0.146. The number of hydrogen-bond acceptors (Lipinski definition) is 7. The molecule has 26 heavy (non-hydrogen) atoms. The Morgan fingerprint density at radius 1 is 0.885 bits per heavy atom. The van der Waals surface area contributed by atoms with E-state index in [-0.39, 0.29) is 5.88 Å². The Morgan fingerprint density at radius 3 is 2.50 bits per heavy atom. The average molecular weight is 341 g/mol. The zero-order valence-corrected chi connectivity index (χ0v) is 13.3. The first-order valence-electron chi connectivity index (χ1n) is 7.86. The quantitative estimate of drug-likeness (QED) is 0.504. The van der Waals surface area contributed by atoms with Crippen LogP contribution in [0.2, 0.25) is 0 Å². The van der Waals surface area contributed by atoms with Crippen molar-refractivity contribution in [2.75, 3.05) is 0 Å². The van der Waals surface area contributed by atoms with Crippen molar-refractivity contribution >= 4 is 40.9 Å². The van der Waals surface area contributed by atoms with Gasteiger partial charge in [-0.1, -0.05) is 18.2 Å². The maximum Gasteiger partial charge on any atom is 0.570 e. The number of para-hydroxylation sites is 1. The molecular weight excluding hydrogens is 331 g/mol. The molecule has 7 nitrogen and oxygen atoms in total. The average Bonchev–Trinajstić information content (AvgIpc) is 3.05. The molecule has 0 bridgehead atoms. The maximum absolute atomic E-state index is 9.08. The Balaban J connectivity index is 1.78. The molecular formula is C18H10BN4O3. The normalized spacial score (nSPS) is 11.3.